The highest BCUT2D eigenvalue weighted by Gasteiger charge is 2.15. The van der Waals surface area contributed by atoms with Crippen molar-refractivity contribution in [3.05, 3.63) is 57.5 Å². The molecule has 0 unspecified atom stereocenters. The monoisotopic (exact) mass is 337 g/mol. The minimum absolute atomic E-state index is 0.238. The number of benzene rings is 2. The first-order valence-electron chi connectivity index (χ1n) is 8.18. The standard InChI is InChI=1S/C19H19N3O3/c1-24-17-9-13-14(10-18(17)25-2)19(23)22-21-16(13)8-11-3-4-15-12(7-11)5-6-20-15/h3-4,7,9-10,20H,5-6,8H2,1-2H3,(H,22,23). The summed E-state index contributed by atoms with van der Waals surface area (Å²) in [6, 6.07) is 9.92. The van der Waals surface area contributed by atoms with Crippen molar-refractivity contribution in [1.29, 1.82) is 0 Å². The molecule has 0 atom stereocenters. The molecule has 0 fully saturated rings. The van der Waals surface area contributed by atoms with Crippen LogP contribution in [-0.4, -0.2) is 31.0 Å². The van der Waals surface area contributed by atoms with Crippen LogP contribution in [0.4, 0.5) is 5.69 Å². The quantitative estimate of drug-likeness (QED) is 0.765. The van der Waals surface area contributed by atoms with Crippen LogP contribution < -0.4 is 20.3 Å². The molecule has 0 aliphatic carbocycles. The van der Waals surface area contributed by atoms with E-state index in [4.69, 9.17) is 9.47 Å². The van der Waals surface area contributed by atoms with Gasteiger partial charge in [-0.15, -0.1) is 0 Å². The second-order valence-electron chi connectivity index (χ2n) is 6.10. The van der Waals surface area contributed by atoms with Gasteiger partial charge in [-0.2, -0.15) is 5.10 Å². The Balaban J connectivity index is 1.81. The first-order chi connectivity index (χ1) is 12.2. The van der Waals surface area contributed by atoms with Crippen molar-refractivity contribution in [1.82, 2.24) is 10.2 Å². The summed E-state index contributed by atoms with van der Waals surface area (Å²) in [6.07, 6.45) is 1.67. The van der Waals surface area contributed by atoms with Crippen LogP contribution in [0.5, 0.6) is 11.5 Å². The van der Waals surface area contributed by atoms with Crippen LogP contribution in [-0.2, 0) is 12.8 Å². The summed E-state index contributed by atoms with van der Waals surface area (Å²) in [4.78, 5) is 12.2. The number of H-pyrrole nitrogens is 1. The Kier molecular flexibility index (Phi) is 3.80. The molecule has 2 heterocycles. The summed E-state index contributed by atoms with van der Waals surface area (Å²) >= 11 is 0. The van der Waals surface area contributed by atoms with Gasteiger partial charge in [-0.1, -0.05) is 12.1 Å². The highest BCUT2D eigenvalue weighted by Crippen LogP contribution is 2.32. The van der Waals surface area contributed by atoms with Gasteiger partial charge in [0.2, 0.25) is 0 Å². The summed E-state index contributed by atoms with van der Waals surface area (Å²) < 4.78 is 10.7. The summed E-state index contributed by atoms with van der Waals surface area (Å²) in [7, 11) is 3.13. The second kappa shape index (κ2) is 6.12. The summed E-state index contributed by atoms with van der Waals surface area (Å²) in [6.45, 7) is 0.982. The second-order valence-corrected chi connectivity index (χ2v) is 6.10. The minimum Gasteiger partial charge on any atom is -0.493 e. The zero-order chi connectivity index (χ0) is 17.4. The number of nitrogens with zero attached hydrogens (tertiary/aromatic N) is 1. The van der Waals surface area contributed by atoms with E-state index >= 15 is 0 Å². The van der Waals surface area contributed by atoms with E-state index in [1.165, 1.54) is 11.3 Å². The van der Waals surface area contributed by atoms with E-state index in [1.54, 1.807) is 20.3 Å². The normalized spacial score (nSPS) is 12.7. The summed E-state index contributed by atoms with van der Waals surface area (Å²) in [5.41, 5.74) is 4.26. The molecular formula is C19H19N3O3. The van der Waals surface area contributed by atoms with Gasteiger partial charge < -0.3 is 14.8 Å². The zero-order valence-corrected chi connectivity index (χ0v) is 14.2. The Bertz CT molecular complexity index is 1010. The van der Waals surface area contributed by atoms with Crippen LogP contribution in [0.2, 0.25) is 0 Å². The minimum atomic E-state index is -0.238. The van der Waals surface area contributed by atoms with Crippen LogP contribution in [0.25, 0.3) is 10.8 Å². The largest absolute Gasteiger partial charge is 0.493 e. The van der Waals surface area contributed by atoms with Crippen LogP contribution in [0, 0.1) is 0 Å². The van der Waals surface area contributed by atoms with Crippen molar-refractivity contribution in [2.24, 2.45) is 0 Å². The molecule has 0 amide bonds. The predicted octanol–water partition coefficient (Wildman–Crippen LogP) is 2.50. The molecule has 25 heavy (non-hydrogen) atoms. The fraction of sp³-hybridized carbons (Fsp3) is 0.263. The summed E-state index contributed by atoms with van der Waals surface area (Å²) in [5.74, 6) is 1.11. The number of anilines is 1. The first kappa shape index (κ1) is 15.5. The molecule has 1 aromatic heterocycles. The predicted molar refractivity (Wildman–Crippen MR) is 96.9 cm³/mol. The third kappa shape index (κ3) is 2.69. The van der Waals surface area contributed by atoms with E-state index in [0.29, 0.717) is 23.3 Å². The van der Waals surface area contributed by atoms with Gasteiger partial charge in [0.05, 0.1) is 25.3 Å². The van der Waals surface area contributed by atoms with Gasteiger partial charge in [-0.25, -0.2) is 5.10 Å². The molecule has 0 radical (unpaired) electrons. The van der Waals surface area contributed by atoms with Crippen molar-refractivity contribution in [3.63, 3.8) is 0 Å². The van der Waals surface area contributed by atoms with Gasteiger partial charge in [0.25, 0.3) is 5.56 Å². The zero-order valence-electron chi connectivity index (χ0n) is 14.2. The topological polar surface area (TPSA) is 76.2 Å². The lowest BCUT2D eigenvalue weighted by Gasteiger charge is -2.11. The van der Waals surface area contributed by atoms with E-state index in [1.807, 2.05) is 6.07 Å². The third-order valence-electron chi connectivity index (χ3n) is 4.62. The van der Waals surface area contributed by atoms with Crippen LogP contribution in [0.15, 0.2) is 35.1 Å². The average Bonchev–Trinajstić information content (AvgIpc) is 3.11. The van der Waals surface area contributed by atoms with E-state index < -0.39 is 0 Å². The highest BCUT2D eigenvalue weighted by atomic mass is 16.5. The molecule has 128 valence electrons. The molecule has 4 rings (SSSR count). The molecule has 3 aromatic rings. The number of hydrogen-bond acceptors (Lipinski definition) is 5. The molecule has 0 saturated heterocycles. The number of fused-ring (bicyclic) bond motifs is 2. The lowest BCUT2D eigenvalue weighted by molar-refractivity contribution is 0.356. The van der Waals surface area contributed by atoms with Crippen LogP contribution in [0.1, 0.15) is 16.8 Å². The van der Waals surface area contributed by atoms with Crippen molar-refractivity contribution in [3.8, 4) is 11.5 Å². The smallest absolute Gasteiger partial charge is 0.272 e. The third-order valence-corrected chi connectivity index (χ3v) is 4.62. The Morgan fingerprint density at radius 3 is 2.60 bits per heavy atom. The Hall–Kier alpha value is -3.02. The summed E-state index contributed by atoms with van der Waals surface area (Å²) in [5, 5.41) is 11.6. The number of ether oxygens (including phenoxy) is 2. The fourth-order valence-corrected chi connectivity index (χ4v) is 3.34. The van der Waals surface area contributed by atoms with Crippen molar-refractivity contribution in [2.75, 3.05) is 26.1 Å². The molecule has 1 aliphatic rings. The molecule has 6 nitrogen and oxygen atoms in total. The van der Waals surface area contributed by atoms with E-state index in [0.717, 1.165) is 29.6 Å². The lowest BCUT2D eigenvalue weighted by Crippen LogP contribution is -2.12. The van der Waals surface area contributed by atoms with Crippen LogP contribution in [0.3, 0.4) is 0 Å². The maximum Gasteiger partial charge on any atom is 0.272 e. The molecule has 0 spiro atoms. The van der Waals surface area contributed by atoms with Crippen molar-refractivity contribution < 1.29 is 9.47 Å². The molecular weight excluding hydrogens is 318 g/mol. The highest BCUT2D eigenvalue weighted by molar-refractivity contribution is 5.87. The Morgan fingerprint density at radius 2 is 1.84 bits per heavy atom. The average molecular weight is 337 g/mol. The Morgan fingerprint density at radius 1 is 1.08 bits per heavy atom. The number of hydrogen-bond donors (Lipinski definition) is 2. The van der Waals surface area contributed by atoms with Gasteiger partial charge in [0.15, 0.2) is 11.5 Å². The fourth-order valence-electron chi connectivity index (χ4n) is 3.34. The van der Waals surface area contributed by atoms with E-state index in [2.05, 4.69) is 33.7 Å². The first-order valence-corrected chi connectivity index (χ1v) is 8.18. The molecule has 2 aromatic carbocycles. The maximum absolute atomic E-state index is 12.2. The lowest BCUT2D eigenvalue weighted by atomic mass is 10.0. The molecule has 6 heteroatoms. The van der Waals surface area contributed by atoms with Gasteiger partial charge >= 0.3 is 0 Å². The molecule has 2 N–H and O–H groups in total. The van der Waals surface area contributed by atoms with Gasteiger partial charge in [0, 0.05) is 24.0 Å². The van der Waals surface area contributed by atoms with Crippen LogP contribution >= 0.6 is 0 Å². The molecule has 0 bridgehead atoms. The molecule has 1 aliphatic heterocycles. The number of aromatic amines is 1. The van der Waals surface area contributed by atoms with E-state index in [-0.39, 0.29) is 5.56 Å². The maximum atomic E-state index is 12.2. The van der Waals surface area contributed by atoms with Gasteiger partial charge in [0.1, 0.15) is 0 Å². The number of aromatic nitrogens is 2. The molecule has 0 saturated carbocycles. The number of methoxy groups -OCH3 is 2. The van der Waals surface area contributed by atoms with Crippen molar-refractivity contribution in [2.45, 2.75) is 12.8 Å². The van der Waals surface area contributed by atoms with Gasteiger partial charge in [-0.05, 0) is 35.7 Å². The number of rotatable bonds is 4. The van der Waals surface area contributed by atoms with Crippen molar-refractivity contribution >= 4 is 16.5 Å². The number of nitrogens with one attached hydrogen (secondary N) is 2. The van der Waals surface area contributed by atoms with E-state index in [9.17, 15) is 4.79 Å². The van der Waals surface area contributed by atoms with Gasteiger partial charge in [-0.3, -0.25) is 4.79 Å². The SMILES string of the molecule is COc1cc2c(Cc3ccc4c(c3)CCN4)n[nH]c(=O)c2cc1OC. The Labute approximate surface area is 144 Å².